The third kappa shape index (κ3) is 8.78. The number of carbonyl (C=O) groups is 1. The minimum absolute atomic E-state index is 0. The molecule has 4 aromatic rings. The fourth-order valence-electron chi connectivity index (χ4n) is 5.33. The second kappa shape index (κ2) is 15.8. The summed E-state index contributed by atoms with van der Waals surface area (Å²) in [6, 6.07) is 22.6. The lowest BCUT2D eigenvalue weighted by Crippen LogP contribution is -2.36. The summed E-state index contributed by atoms with van der Waals surface area (Å²) < 4.78 is 33.4. The molecule has 45 heavy (non-hydrogen) atoms. The van der Waals surface area contributed by atoms with E-state index in [9.17, 15) is 13.2 Å². The van der Waals surface area contributed by atoms with Gasteiger partial charge in [0.15, 0.2) is 5.75 Å². The smallest absolute Gasteiger partial charge is 0.323 e. The number of ether oxygens (including phenoxy) is 1. The van der Waals surface area contributed by atoms with Crippen molar-refractivity contribution in [3.05, 3.63) is 96.3 Å². The highest BCUT2D eigenvalue weighted by molar-refractivity contribution is 7.93. The van der Waals surface area contributed by atoms with E-state index in [0.29, 0.717) is 11.3 Å². The van der Waals surface area contributed by atoms with Crippen molar-refractivity contribution in [1.29, 1.82) is 5.41 Å². The summed E-state index contributed by atoms with van der Waals surface area (Å²) in [6.45, 7) is 5.27. The van der Waals surface area contributed by atoms with Crippen LogP contribution in [-0.4, -0.2) is 63.7 Å². The molecule has 1 saturated heterocycles. The topological polar surface area (TPSA) is 133 Å². The van der Waals surface area contributed by atoms with Crippen LogP contribution in [0.1, 0.15) is 24.5 Å². The van der Waals surface area contributed by atoms with Gasteiger partial charge in [-0.2, -0.15) is 0 Å². The molecule has 0 bridgehead atoms. The van der Waals surface area contributed by atoms with Gasteiger partial charge in [-0.3, -0.25) is 19.5 Å². The molecule has 0 spiro atoms. The Morgan fingerprint density at radius 3 is 2.13 bits per heavy atom. The normalized spacial score (nSPS) is 13.3. The molecule has 240 valence electrons. The van der Waals surface area contributed by atoms with Gasteiger partial charge in [0.1, 0.15) is 5.84 Å². The summed E-state index contributed by atoms with van der Waals surface area (Å²) in [4.78, 5) is 21.0. The van der Waals surface area contributed by atoms with Crippen LogP contribution in [0.25, 0.3) is 10.8 Å². The van der Waals surface area contributed by atoms with E-state index in [1.54, 1.807) is 37.5 Å². The summed E-state index contributed by atoms with van der Waals surface area (Å²) in [5.41, 5.74) is 9.61. The van der Waals surface area contributed by atoms with Gasteiger partial charge in [0.05, 0.1) is 18.8 Å². The highest BCUT2D eigenvalue weighted by Gasteiger charge is 2.27. The van der Waals surface area contributed by atoms with Crippen LogP contribution in [0.4, 0.5) is 17.1 Å². The molecule has 1 fully saturated rings. The average molecular weight is 674 g/mol. The Bertz CT molecular complexity index is 1710. The van der Waals surface area contributed by atoms with Crippen molar-refractivity contribution in [2.75, 3.05) is 52.6 Å². The van der Waals surface area contributed by atoms with E-state index in [-0.39, 0.29) is 43.8 Å². The van der Waals surface area contributed by atoms with Crippen molar-refractivity contribution < 1.29 is 17.9 Å². The Hall–Kier alpha value is -4.06. The molecule has 10 nitrogen and oxygen atoms in total. The van der Waals surface area contributed by atoms with Gasteiger partial charge in [-0.1, -0.05) is 24.3 Å². The minimum atomic E-state index is -4.07. The molecule has 1 aliphatic heterocycles. The first-order valence-electron chi connectivity index (χ1n) is 14.3. The summed E-state index contributed by atoms with van der Waals surface area (Å²) >= 11 is 0. The second-order valence-electron chi connectivity index (χ2n) is 10.4. The molecule has 1 aliphatic rings. The predicted octanol–water partition coefficient (Wildman–Crippen LogP) is 4.98. The van der Waals surface area contributed by atoms with Crippen LogP contribution in [0.3, 0.4) is 0 Å². The van der Waals surface area contributed by atoms with Crippen LogP contribution < -0.4 is 19.8 Å². The molecule has 0 unspecified atom stereocenters. The Balaban J connectivity index is 0.00000276. The van der Waals surface area contributed by atoms with Gasteiger partial charge in [0, 0.05) is 55.5 Å². The minimum Gasteiger partial charge on any atom is -0.465 e. The maximum atomic E-state index is 13.6. The van der Waals surface area contributed by atoms with Crippen LogP contribution in [0.2, 0.25) is 0 Å². The summed E-state index contributed by atoms with van der Waals surface area (Å²) in [6.07, 6.45) is 4.59. The van der Waals surface area contributed by atoms with Crippen LogP contribution in [0.5, 0.6) is 0 Å². The van der Waals surface area contributed by atoms with Gasteiger partial charge in [-0.05, 0) is 78.2 Å². The third-order valence-electron chi connectivity index (χ3n) is 7.51. The molecule has 0 radical (unpaired) electrons. The van der Waals surface area contributed by atoms with Crippen LogP contribution in [-0.2, 0) is 26.1 Å². The SMILES string of the molecule is CCOC(=O)CS(=O)(=O)N(Cc1ccc2ccc(C(=N)N)cc2c1)c1ccc(N2CCCN(c3ccncc3)CC2)cc1.Cl.Cl. The first-order chi connectivity index (χ1) is 20.7. The van der Waals surface area contributed by atoms with Gasteiger partial charge in [-0.15, -0.1) is 24.8 Å². The van der Waals surface area contributed by atoms with E-state index < -0.39 is 21.7 Å². The Morgan fingerprint density at radius 2 is 1.51 bits per heavy atom. The van der Waals surface area contributed by atoms with E-state index in [4.69, 9.17) is 15.9 Å². The lowest BCUT2D eigenvalue weighted by Gasteiger charge is -2.27. The molecule has 1 aromatic heterocycles. The second-order valence-corrected chi connectivity index (χ2v) is 12.3. The molecule has 0 atom stereocenters. The molecule has 5 rings (SSSR count). The standard InChI is InChI=1S/C32H36N6O4S.2ClH/c1-2-42-31(39)23-43(40,41)38(22-24-4-5-25-6-7-26(32(33)34)21-27(25)20-24)30-10-8-28(9-11-30)36-16-3-17-37(19-18-36)29-12-14-35-15-13-29;;/h4-15,20-21H,2-3,16-19,22-23H2,1H3,(H3,33,34);2*1H. The molecule has 0 aliphatic carbocycles. The number of fused-ring (bicyclic) bond motifs is 1. The number of nitrogen functional groups attached to an aromatic ring is 1. The van der Waals surface area contributed by atoms with Gasteiger partial charge >= 0.3 is 5.97 Å². The van der Waals surface area contributed by atoms with Crippen LogP contribution >= 0.6 is 24.8 Å². The monoisotopic (exact) mass is 672 g/mol. The zero-order valence-electron chi connectivity index (χ0n) is 25.0. The molecule has 0 amide bonds. The predicted molar refractivity (Wildman–Crippen MR) is 186 cm³/mol. The van der Waals surface area contributed by atoms with E-state index >= 15 is 0 Å². The molecular weight excluding hydrogens is 635 g/mol. The van der Waals surface area contributed by atoms with Crippen molar-refractivity contribution in [3.8, 4) is 0 Å². The number of anilines is 3. The zero-order valence-corrected chi connectivity index (χ0v) is 27.4. The summed E-state index contributed by atoms with van der Waals surface area (Å²) in [5, 5.41) is 9.54. The molecular formula is C32H38Cl2N6O4S. The fraction of sp³-hybridized carbons (Fsp3) is 0.281. The van der Waals surface area contributed by atoms with Crippen LogP contribution in [0, 0.1) is 5.41 Å². The number of hydrogen-bond donors (Lipinski definition) is 2. The Kier molecular flexibility index (Phi) is 12.4. The van der Waals surface area contributed by atoms with Crippen molar-refractivity contribution in [2.24, 2.45) is 5.73 Å². The first-order valence-corrected chi connectivity index (χ1v) is 15.9. The number of halogens is 2. The summed E-state index contributed by atoms with van der Waals surface area (Å²) in [7, 11) is -4.07. The fourth-order valence-corrected chi connectivity index (χ4v) is 6.65. The number of rotatable bonds is 10. The van der Waals surface area contributed by atoms with Crippen molar-refractivity contribution in [1.82, 2.24) is 4.98 Å². The van der Waals surface area contributed by atoms with Crippen molar-refractivity contribution >= 4 is 74.5 Å². The molecule has 0 saturated carbocycles. The average Bonchev–Trinajstić information content (AvgIpc) is 3.26. The number of amidine groups is 1. The quantitative estimate of drug-likeness (QED) is 0.137. The molecule has 3 aromatic carbocycles. The largest absolute Gasteiger partial charge is 0.465 e. The van der Waals surface area contributed by atoms with Gasteiger partial charge in [-0.25, -0.2) is 8.42 Å². The van der Waals surface area contributed by atoms with E-state index in [1.807, 2.05) is 54.6 Å². The maximum Gasteiger partial charge on any atom is 0.323 e. The number of nitrogens with two attached hydrogens (primary N) is 1. The highest BCUT2D eigenvalue weighted by Crippen LogP contribution is 2.28. The van der Waals surface area contributed by atoms with E-state index in [0.717, 1.165) is 60.3 Å². The third-order valence-corrected chi connectivity index (χ3v) is 9.12. The Labute approximate surface area is 276 Å². The highest BCUT2D eigenvalue weighted by atomic mass is 35.5. The zero-order chi connectivity index (χ0) is 30.4. The number of carbonyl (C=O) groups excluding carboxylic acids is 1. The Morgan fingerprint density at radius 1 is 0.889 bits per heavy atom. The van der Waals surface area contributed by atoms with Gasteiger partial charge < -0.3 is 20.3 Å². The summed E-state index contributed by atoms with van der Waals surface area (Å²) in [5.74, 6) is -1.60. The molecule has 3 N–H and O–H groups in total. The number of esters is 1. The lowest BCUT2D eigenvalue weighted by atomic mass is 10.0. The number of nitrogens with zero attached hydrogens (tertiary/aromatic N) is 4. The first kappa shape index (κ1) is 35.4. The molecule has 13 heteroatoms. The van der Waals surface area contributed by atoms with E-state index in [1.165, 1.54) is 4.31 Å². The number of pyridine rings is 1. The number of benzene rings is 3. The number of hydrogen-bond acceptors (Lipinski definition) is 8. The van der Waals surface area contributed by atoms with E-state index in [2.05, 4.69) is 14.8 Å². The lowest BCUT2D eigenvalue weighted by molar-refractivity contribution is -0.139. The number of aromatic nitrogens is 1. The van der Waals surface area contributed by atoms with Crippen LogP contribution in [0.15, 0.2) is 85.2 Å². The van der Waals surface area contributed by atoms with Gasteiger partial charge in [0.25, 0.3) is 0 Å². The number of nitrogens with one attached hydrogen (secondary N) is 1. The van der Waals surface area contributed by atoms with Gasteiger partial charge in [0.2, 0.25) is 10.0 Å². The number of sulfonamides is 1. The molecule has 2 heterocycles. The maximum absolute atomic E-state index is 13.6. The van der Waals surface area contributed by atoms with Crippen molar-refractivity contribution in [2.45, 2.75) is 19.9 Å². The van der Waals surface area contributed by atoms with Crippen molar-refractivity contribution in [3.63, 3.8) is 0 Å².